The molecule has 15 nitrogen and oxygen atoms in total. The van der Waals surface area contributed by atoms with Crippen molar-refractivity contribution in [1.29, 1.82) is 0 Å². The zero-order valence-electron chi connectivity index (χ0n) is 28.7. The highest BCUT2D eigenvalue weighted by Crippen LogP contribution is 2.35. The highest BCUT2D eigenvalue weighted by molar-refractivity contribution is 6.09. The molecule has 1 amide bonds. The lowest BCUT2D eigenvalue weighted by molar-refractivity contribution is 0.0473. The van der Waals surface area contributed by atoms with Gasteiger partial charge in [0, 0.05) is 55.9 Å². The number of aromatic nitrogens is 6. The third kappa shape index (κ3) is 6.78. The number of nitrogens with zero attached hydrogens (tertiary/aromatic N) is 8. The quantitative estimate of drug-likeness (QED) is 0.210. The number of piperidine rings is 1. The van der Waals surface area contributed by atoms with Crippen molar-refractivity contribution < 1.29 is 33.0 Å². The van der Waals surface area contributed by atoms with Crippen molar-refractivity contribution in [3.05, 3.63) is 71.9 Å². The smallest absolute Gasteiger partial charge is 0.340 e. The summed E-state index contributed by atoms with van der Waals surface area (Å²) in [6.45, 7) is 5.71. The largest absolute Gasteiger partial charge is 0.489 e. The number of likely N-dealkylation sites (tertiary alicyclic amines) is 1. The van der Waals surface area contributed by atoms with Gasteiger partial charge in [0.1, 0.15) is 17.1 Å². The molecule has 51 heavy (non-hydrogen) atoms. The van der Waals surface area contributed by atoms with Crippen molar-refractivity contribution in [1.82, 2.24) is 34.3 Å². The maximum atomic E-state index is 15.9. The molecule has 16 heteroatoms. The summed E-state index contributed by atoms with van der Waals surface area (Å²) in [6.07, 6.45) is 9.49. The van der Waals surface area contributed by atoms with E-state index in [2.05, 4.69) is 25.3 Å². The Hall–Kier alpha value is -5.64. The van der Waals surface area contributed by atoms with Crippen molar-refractivity contribution >= 4 is 45.9 Å². The number of methoxy groups -OCH3 is 2. The Kier molecular flexibility index (Phi) is 9.01. The fraction of sp³-hybridized carbons (Fsp3) is 0.400. The van der Waals surface area contributed by atoms with E-state index in [4.69, 9.17) is 19.3 Å². The number of carbonyl (C=O) groups is 3. The first-order chi connectivity index (χ1) is 24.5. The minimum Gasteiger partial charge on any atom is -0.489 e. The molecule has 0 bridgehead atoms. The number of rotatable bonds is 10. The van der Waals surface area contributed by atoms with E-state index >= 15 is 4.39 Å². The summed E-state index contributed by atoms with van der Waals surface area (Å²) in [4.78, 5) is 50.1. The number of hydrogen-bond acceptors (Lipinski definition) is 12. The predicted molar refractivity (Wildman–Crippen MR) is 184 cm³/mol. The zero-order chi connectivity index (χ0) is 35.9. The molecule has 266 valence electrons. The molecule has 0 radical (unpaired) electrons. The van der Waals surface area contributed by atoms with E-state index in [9.17, 15) is 14.4 Å². The van der Waals surface area contributed by atoms with Crippen LogP contribution in [0.3, 0.4) is 0 Å². The zero-order valence-corrected chi connectivity index (χ0v) is 28.7. The van der Waals surface area contributed by atoms with Crippen molar-refractivity contribution in [2.75, 3.05) is 57.2 Å². The van der Waals surface area contributed by atoms with Gasteiger partial charge in [0.2, 0.25) is 0 Å². The molecule has 0 aliphatic carbocycles. The van der Waals surface area contributed by atoms with Gasteiger partial charge < -0.3 is 24.4 Å². The Bertz CT molecular complexity index is 2120. The number of alkyl halides is 1. The first-order valence-corrected chi connectivity index (χ1v) is 16.7. The second-order valence-electron chi connectivity index (χ2n) is 13.2. The molecule has 0 atom stereocenters. The van der Waals surface area contributed by atoms with Crippen molar-refractivity contribution in [2.45, 2.75) is 44.5 Å². The van der Waals surface area contributed by atoms with Crippen LogP contribution in [0.4, 0.5) is 15.9 Å². The molecule has 6 heterocycles. The van der Waals surface area contributed by atoms with Crippen LogP contribution in [0.5, 0.6) is 5.75 Å². The molecule has 7 rings (SSSR count). The van der Waals surface area contributed by atoms with Gasteiger partial charge in [0.05, 0.1) is 68.0 Å². The van der Waals surface area contributed by atoms with Crippen molar-refractivity contribution in [2.24, 2.45) is 0 Å². The highest BCUT2D eigenvalue weighted by Gasteiger charge is 2.46. The van der Waals surface area contributed by atoms with Crippen LogP contribution in [0, 0.1) is 0 Å². The first kappa shape index (κ1) is 33.8. The van der Waals surface area contributed by atoms with Gasteiger partial charge in [-0.15, -0.1) is 0 Å². The lowest BCUT2D eigenvalue weighted by Gasteiger charge is -2.48. The molecule has 0 saturated carbocycles. The van der Waals surface area contributed by atoms with Crippen LogP contribution in [-0.2, 0) is 9.47 Å². The molecule has 0 spiro atoms. The van der Waals surface area contributed by atoms with E-state index in [1.165, 1.54) is 32.7 Å². The number of amides is 1. The number of nitrogens with one attached hydrogen (secondary N) is 1. The maximum absolute atomic E-state index is 15.9. The van der Waals surface area contributed by atoms with Gasteiger partial charge in [0.15, 0.2) is 11.3 Å². The molecule has 2 saturated heterocycles. The number of hydrogen-bond donors (Lipinski definition) is 1. The normalized spacial score (nSPS) is 16.3. The number of pyridine rings is 1. The van der Waals surface area contributed by atoms with E-state index in [1.54, 1.807) is 27.9 Å². The number of carbonyl (C=O) groups excluding carboxylic acids is 3. The predicted octanol–water partition coefficient (Wildman–Crippen LogP) is 3.95. The number of halogens is 1. The average Bonchev–Trinajstić information content (AvgIpc) is 3.74. The SMILES string of the molecule is COC(=O)c1cnc(N2CC(F)(CN3CCC(n4cc5cc(NC(=O)c6cnn7cccnc67)c(OC(C)C)cc5n4)CC3)C2)cc1C(=O)OC. The van der Waals surface area contributed by atoms with Crippen molar-refractivity contribution in [3.8, 4) is 5.75 Å². The number of fused-ring (bicyclic) bond motifs is 2. The van der Waals surface area contributed by atoms with E-state index < -0.39 is 17.6 Å². The summed E-state index contributed by atoms with van der Waals surface area (Å²) in [6, 6.07) is 7.00. The summed E-state index contributed by atoms with van der Waals surface area (Å²) < 4.78 is 35.0. The second kappa shape index (κ2) is 13.6. The molecule has 2 fully saturated rings. The molecular weight excluding hydrogens is 661 g/mol. The highest BCUT2D eigenvalue weighted by atomic mass is 19.1. The molecule has 2 aliphatic rings. The van der Waals surface area contributed by atoms with E-state index in [0.717, 1.165) is 23.7 Å². The third-order valence-corrected chi connectivity index (χ3v) is 9.17. The molecule has 1 N–H and O–H groups in total. The van der Waals surface area contributed by atoms with Crippen LogP contribution in [0.1, 0.15) is 63.8 Å². The molecule has 5 aromatic rings. The summed E-state index contributed by atoms with van der Waals surface area (Å²) in [5, 5.41) is 12.9. The van der Waals surface area contributed by atoms with Crippen LogP contribution < -0.4 is 15.0 Å². The molecule has 2 aliphatic heterocycles. The summed E-state index contributed by atoms with van der Waals surface area (Å²) >= 11 is 0. The van der Waals surface area contributed by atoms with Gasteiger partial charge in [-0.1, -0.05) is 0 Å². The van der Waals surface area contributed by atoms with Crippen molar-refractivity contribution in [3.63, 3.8) is 0 Å². The van der Waals surface area contributed by atoms with Crippen LogP contribution in [0.25, 0.3) is 16.6 Å². The molecular formula is C35H38FN9O6. The van der Waals surface area contributed by atoms with Gasteiger partial charge in [0.25, 0.3) is 5.91 Å². The Labute approximate surface area is 292 Å². The number of esters is 2. The first-order valence-electron chi connectivity index (χ1n) is 16.7. The topological polar surface area (TPSA) is 158 Å². The van der Waals surface area contributed by atoms with Crippen LogP contribution >= 0.6 is 0 Å². The molecule has 4 aromatic heterocycles. The maximum Gasteiger partial charge on any atom is 0.340 e. The second-order valence-corrected chi connectivity index (χ2v) is 13.2. The lowest BCUT2D eigenvalue weighted by atomic mass is 9.93. The summed E-state index contributed by atoms with van der Waals surface area (Å²) in [5.74, 6) is -0.864. The minimum atomic E-state index is -1.45. The minimum absolute atomic E-state index is 0.0120. The monoisotopic (exact) mass is 699 g/mol. The Balaban J connectivity index is 0.991. The summed E-state index contributed by atoms with van der Waals surface area (Å²) in [5.41, 5.74) is 0.611. The number of benzene rings is 1. The van der Waals surface area contributed by atoms with E-state index in [-0.39, 0.29) is 48.8 Å². The number of anilines is 2. The standard InChI is InChI=1S/C35H38FN9O6/c1-21(2)51-29-14-27-22(12-28(29)40-32(46)26-16-39-44-9-5-8-37-31(26)44)17-45(41-27)23-6-10-42(11-7-23)18-35(36)19-43(20-35)30-13-24(33(47)49-3)25(15-38-30)34(48)50-4/h5,8-9,12-17,21,23H,6-7,10-11,18-20H2,1-4H3,(H,40,46). The van der Waals surface area contributed by atoms with E-state index in [0.29, 0.717) is 41.6 Å². The van der Waals surface area contributed by atoms with E-state index in [1.807, 2.05) is 36.9 Å². The van der Waals surface area contributed by atoms with Crippen LogP contribution in [0.2, 0.25) is 0 Å². The van der Waals surface area contributed by atoms with Crippen LogP contribution in [-0.4, -0.2) is 111 Å². The lowest BCUT2D eigenvalue weighted by Crippen LogP contribution is -2.64. The van der Waals surface area contributed by atoms with Gasteiger partial charge in [-0.05, 0) is 44.9 Å². The van der Waals surface area contributed by atoms with Gasteiger partial charge >= 0.3 is 11.9 Å². The van der Waals surface area contributed by atoms with Crippen LogP contribution in [0.15, 0.2) is 55.2 Å². The average molecular weight is 700 g/mol. The fourth-order valence-electron chi connectivity index (χ4n) is 6.70. The third-order valence-electron chi connectivity index (χ3n) is 9.17. The summed E-state index contributed by atoms with van der Waals surface area (Å²) in [7, 11) is 2.43. The Morgan fingerprint density at radius 2 is 1.75 bits per heavy atom. The Morgan fingerprint density at radius 1 is 1.00 bits per heavy atom. The molecule has 1 aromatic carbocycles. The van der Waals surface area contributed by atoms with Gasteiger partial charge in [-0.2, -0.15) is 10.2 Å². The number of ether oxygens (including phenoxy) is 3. The van der Waals surface area contributed by atoms with Gasteiger partial charge in [-0.25, -0.2) is 28.5 Å². The fourth-order valence-corrected chi connectivity index (χ4v) is 6.70. The van der Waals surface area contributed by atoms with Gasteiger partial charge in [-0.3, -0.25) is 14.4 Å². The Morgan fingerprint density at radius 3 is 2.47 bits per heavy atom. The molecule has 0 unspecified atom stereocenters.